The van der Waals surface area contributed by atoms with Crippen LogP contribution in [0.3, 0.4) is 0 Å². The van der Waals surface area contributed by atoms with Gasteiger partial charge in [-0.2, -0.15) is 4.68 Å². The first kappa shape index (κ1) is 7.32. The summed E-state index contributed by atoms with van der Waals surface area (Å²) in [6.45, 7) is -0.0131. The molecule has 0 aliphatic carbocycles. The molecule has 0 spiro atoms. The maximum Gasteiger partial charge on any atom is 0.490 e. The lowest BCUT2D eigenvalue weighted by molar-refractivity contribution is -0.394. The highest BCUT2D eigenvalue weighted by Crippen LogP contribution is 1.97. The molecule has 1 aromatic rings. The van der Waals surface area contributed by atoms with Crippen molar-refractivity contribution < 1.29 is 9.72 Å². The summed E-state index contributed by atoms with van der Waals surface area (Å²) in [7, 11) is 0. The molecule has 7 heteroatoms. The summed E-state index contributed by atoms with van der Waals surface area (Å²) in [6, 6.07) is 0. The molecule has 7 nitrogen and oxygen atoms in total. The number of aromatic nitrogens is 3. The Kier molecular flexibility index (Phi) is 1.90. The van der Waals surface area contributed by atoms with Gasteiger partial charge in [-0.1, -0.05) is 4.98 Å². The molecule has 1 rings (SSSR count). The molecular formula is C4H4N4O3. The summed E-state index contributed by atoms with van der Waals surface area (Å²) >= 11 is 0. The molecule has 0 saturated heterocycles. The van der Waals surface area contributed by atoms with Crippen molar-refractivity contribution in [2.75, 3.05) is 0 Å². The lowest BCUT2D eigenvalue weighted by Crippen LogP contribution is -1.99. The minimum Gasteiger partial charge on any atom is -0.390 e. The van der Waals surface area contributed by atoms with Gasteiger partial charge in [-0.3, -0.25) is 0 Å². The molecule has 0 aliphatic rings. The van der Waals surface area contributed by atoms with Gasteiger partial charge in [-0.15, -0.1) is 0 Å². The van der Waals surface area contributed by atoms with Crippen LogP contribution in [-0.2, 0) is 11.3 Å². The standard InChI is InChI=1S/C4H4N4O3/c9-2-1-7-3-5-4(6-7)8(10)11/h2-3H,1H2. The Bertz CT molecular complexity index is 281. The number of hydrogen-bond donors (Lipinski definition) is 0. The predicted octanol–water partition coefficient (Wildman–Crippen LogP) is -0.615. The van der Waals surface area contributed by atoms with Gasteiger partial charge in [0, 0.05) is 5.10 Å². The number of carbonyl (C=O) groups excluding carboxylic acids is 1. The third-order valence-corrected chi connectivity index (χ3v) is 0.949. The average molecular weight is 156 g/mol. The van der Waals surface area contributed by atoms with Crippen molar-refractivity contribution >= 4 is 12.2 Å². The van der Waals surface area contributed by atoms with Crippen molar-refractivity contribution in [3.05, 3.63) is 16.4 Å². The van der Waals surface area contributed by atoms with E-state index in [1.54, 1.807) is 0 Å². The van der Waals surface area contributed by atoms with Crippen LogP contribution < -0.4 is 0 Å². The molecule has 0 N–H and O–H groups in total. The second-order valence-corrected chi connectivity index (χ2v) is 1.69. The minimum atomic E-state index is -0.721. The SMILES string of the molecule is O=CCn1cnc([N+](=O)[O-])n1. The Balaban J connectivity index is 2.81. The summed E-state index contributed by atoms with van der Waals surface area (Å²) in [4.78, 5) is 22.5. The van der Waals surface area contributed by atoms with Crippen molar-refractivity contribution in [3.8, 4) is 0 Å². The molecule has 0 aromatic carbocycles. The fourth-order valence-electron chi connectivity index (χ4n) is 0.533. The topological polar surface area (TPSA) is 90.9 Å². The third kappa shape index (κ3) is 1.57. The molecule has 0 aliphatic heterocycles. The van der Waals surface area contributed by atoms with Crippen LogP contribution in [0.25, 0.3) is 0 Å². The molecule has 0 unspecified atom stereocenters. The van der Waals surface area contributed by atoms with Gasteiger partial charge in [0.15, 0.2) is 0 Å². The lowest BCUT2D eigenvalue weighted by atomic mass is 10.7. The minimum absolute atomic E-state index is 0.0131. The highest BCUT2D eigenvalue weighted by molar-refractivity contribution is 5.48. The largest absolute Gasteiger partial charge is 0.490 e. The molecule has 1 heterocycles. The van der Waals surface area contributed by atoms with Gasteiger partial charge < -0.3 is 14.9 Å². The first-order valence-corrected chi connectivity index (χ1v) is 2.71. The molecule has 11 heavy (non-hydrogen) atoms. The van der Waals surface area contributed by atoms with E-state index in [4.69, 9.17) is 0 Å². The van der Waals surface area contributed by atoms with Gasteiger partial charge in [0.25, 0.3) is 0 Å². The van der Waals surface area contributed by atoms with Gasteiger partial charge in [0.2, 0.25) is 6.33 Å². The van der Waals surface area contributed by atoms with E-state index in [2.05, 4.69) is 10.1 Å². The lowest BCUT2D eigenvalue weighted by Gasteiger charge is -1.83. The number of rotatable bonds is 3. The Morgan fingerprint density at radius 3 is 3.00 bits per heavy atom. The zero-order chi connectivity index (χ0) is 8.27. The third-order valence-electron chi connectivity index (χ3n) is 0.949. The van der Waals surface area contributed by atoms with Crippen LogP contribution >= 0.6 is 0 Å². The number of hydrogen-bond acceptors (Lipinski definition) is 5. The van der Waals surface area contributed by atoms with Crippen LogP contribution in [0.15, 0.2) is 6.33 Å². The van der Waals surface area contributed by atoms with Gasteiger partial charge in [0.05, 0.1) is 0 Å². The van der Waals surface area contributed by atoms with E-state index in [9.17, 15) is 14.9 Å². The summed E-state index contributed by atoms with van der Waals surface area (Å²) in [5.41, 5.74) is 0. The second-order valence-electron chi connectivity index (χ2n) is 1.69. The van der Waals surface area contributed by atoms with Crippen molar-refractivity contribution in [1.82, 2.24) is 14.8 Å². The van der Waals surface area contributed by atoms with E-state index < -0.39 is 10.9 Å². The van der Waals surface area contributed by atoms with Crippen LogP contribution in [0.4, 0.5) is 5.95 Å². The first-order valence-electron chi connectivity index (χ1n) is 2.71. The van der Waals surface area contributed by atoms with E-state index in [0.29, 0.717) is 6.29 Å². The predicted molar refractivity (Wildman–Crippen MR) is 32.7 cm³/mol. The molecule has 0 saturated carbocycles. The maximum absolute atomic E-state index is 10.00. The summed E-state index contributed by atoms with van der Waals surface area (Å²) in [5.74, 6) is -0.494. The van der Waals surface area contributed by atoms with Crippen molar-refractivity contribution in [2.24, 2.45) is 0 Å². The van der Waals surface area contributed by atoms with Gasteiger partial charge in [0.1, 0.15) is 12.8 Å². The van der Waals surface area contributed by atoms with Crippen molar-refractivity contribution in [3.63, 3.8) is 0 Å². The monoisotopic (exact) mass is 156 g/mol. The van der Waals surface area contributed by atoms with Crippen LogP contribution in [0, 0.1) is 10.1 Å². The fraction of sp³-hybridized carbons (Fsp3) is 0.250. The second kappa shape index (κ2) is 2.86. The van der Waals surface area contributed by atoms with Crippen LogP contribution in [-0.4, -0.2) is 26.0 Å². The maximum atomic E-state index is 10.00. The fourth-order valence-corrected chi connectivity index (χ4v) is 0.533. The van der Waals surface area contributed by atoms with E-state index in [1.165, 1.54) is 0 Å². The van der Waals surface area contributed by atoms with Crippen molar-refractivity contribution in [1.29, 1.82) is 0 Å². The first-order chi connectivity index (χ1) is 5.24. The smallest absolute Gasteiger partial charge is 0.390 e. The zero-order valence-electron chi connectivity index (χ0n) is 5.38. The van der Waals surface area contributed by atoms with Crippen LogP contribution in [0.1, 0.15) is 0 Å². The van der Waals surface area contributed by atoms with E-state index in [0.717, 1.165) is 11.0 Å². The molecule has 0 radical (unpaired) electrons. The molecule has 0 amide bonds. The van der Waals surface area contributed by atoms with Gasteiger partial charge in [-0.25, -0.2) is 0 Å². The average Bonchev–Trinajstić information content (AvgIpc) is 2.37. The Hall–Kier alpha value is -1.79. The molecular weight excluding hydrogens is 152 g/mol. The molecule has 0 fully saturated rings. The number of aldehydes is 1. The van der Waals surface area contributed by atoms with Crippen LogP contribution in [0.5, 0.6) is 0 Å². The van der Waals surface area contributed by atoms with Crippen molar-refractivity contribution in [2.45, 2.75) is 6.54 Å². The molecule has 0 atom stereocenters. The van der Waals surface area contributed by atoms with E-state index in [1.807, 2.05) is 0 Å². The number of nitro groups is 1. The zero-order valence-corrected chi connectivity index (χ0v) is 5.38. The Labute approximate surface area is 60.8 Å². The summed E-state index contributed by atoms with van der Waals surface area (Å²) < 4.78 is 1.09. The number of carbonyl (C=O) groups is 1. The van der Waals surface area contributed by atoms with Gasteiger partial charge in [-0.05, 0) is 4.92 Å². The Morgan fingerprint density at radius 2 is 2.55 bits per heavy atom. The van der Waals surface area contributed by atoms with Crippen LogP contribution in [0.2, 0.25) is 0 Å². The molecule has 0 bridgehead atoms. The molecule has 58 valence electrons. The quantitative estimate of drug-likeness (QED) is 0.330. The Morgan fingerprint density at radius 1 is 1.82 bits per heavy atom. The summed E-state index contributed by atoms with van der Waals surface area (Å²) in [5, 5.41) is 13.4. The summed E-state index contributed by atoms with van der Waals surface area (Å²) in [6.07, 6.45) is 1.71. The van der Waals surface area contributed by atoms with E-state index >= 15 is 0 Å². The highest BCUT2D eigenvalue weighted by Gasteiger charge is 2.11. The number of nitrogens with zero attached hydrogens (tertiary/aromatic N) is 4. The molecule has 1 aromatic heterocycles. The highest BCUT2D eigenvalue weighted by atomic mass is 16.6. The van der Waals surface area contributed by atoms with Gasteiger partial charge >= 0.3 is 5.95 Å². The normalized spacial score (nSPS) is 9.45. The van der Waals surface area contributed by atoms with E-state index in [-0.39, 0.29) is 6.54 Å².